The number of carboxylic acids is 1. The standard InChI is InChI=1S/C28H35N3O5/c1-28(2,3)36-27(34)30-25(26(32)33)20-6-4-5-17-7-8-18(11-21(17)12-20)19-9-10-29-24(13-19)31-15-23-14-22(31)16-35-23/h7-11,13,20,22-23,25H,4-6,12,14-16H2,1-3H3,(H,30,34)(H,32,33)/t20?,22-,23-,25+/m1/s1. The Morgan fingerprint density at radius 1 is 1.19 bits per heavy atom. The summed E-state index contributed by atoms with van der Waals surface area (Å²) in [7, 11) is 0. The van der Waals surface area contributed by atoms with E-state index in [1.165, 1.54) is 5.56 Å². The van der Waals surface area contributed by atoms with Crippen LogP contribution in [0.5, 0.6) is 0 Å². The molecule has 1 amide bonds. The molecule has 1 aromatic heterocycles. The third-order valence-corrected chi connectivity index (χ3v) is 7.39. The first-order valence-electron chi connectivity index (χ1n) is 12.8. The molecule has 1 aliphatic carbocycles. The lowest BCUT2D eigenvalue weighted by atomic mass is 9.89. The van der Waals surface area contributed by atoms with E-state index in [-0.39, 0.29) is 5.92 Å². The number of carbonyl (C=O) groups is 2. The van der Waals surface area contributed by atoms with E-state index in [1.807, 2.05) is 12.3 Å². The number of anilines is 1. The molecule has 0 radical (unpaired) electrons. The Kier molecular flexibility index (Phi) is 6.64. The Balaban J connectivity index is 1.36. The van der Waals surface area contributed by atoms with Gasteiger partial charge in [-0.15, -0.1) is 0 Å². The van der Waals surface area contributed by atoms with Crippen LogP contribution >= 0.6 is 0 Å². The van der Waals surface area contributed by atoms with Crippen molar-refractivity contribution in [1.82, 2.24) is 10.3 Å². The number of morpholine rings is 1. The van der Waals surface area contributed by atoms with Crippen LogP contribution < -0.4 is 10.2 Å². The number of nitrogens with zero attached hydrogens (tertiary/aromatic N) is 2. The van der Waals surface area contributed by atoms with Crippen LogP contribution in [0.4, 0.5) is 10.6 Å². The molecule has 2 fully saturated rings. The van der Waals surface area contributed by atoms with Crippen molar-refractivity contribution in [3.63, 3.8) is 0 Å². The number of aryl methyl sites for hydroxylation is 1. The summed E-state index contributed by atoms with van der Waals surface area (Å²) < 4.78 is 11.1. The molecule has 3 heterocycles. The first-order chi connectivity index (χ1) is 17.2. The van der Waals surface area contributed by atoms with Gasteiger partial charge in [-0.25, -0.2) is 14.6 Å². The fraction of sp³-hybridized carbons (Fsp3) is 0.536. The Morgan fingerprint density at radius 2 is 2.00 bits per heavy atom. The maximum Gasteiger partial charge on any atom is 0.408 e. The zero-order valence-electron chi connectivity index (χ0n) is 21.2. The average molecular weight is 494 g/mol. The van der Waals surface area contributed by atoms with Crippen molar-refractivity contribution in [3.05, 3.63) is 47.7 Å². The van der Waals surface area contributed by atoms with E-state index >= 15 is 0 Å². The number of pyridine rings is 1. The van der Waals surface area contributed by atoms with E-state index in [0.717, 1.165) is 61.3 Å². The first kappa shape index (κ1) is 24.6. The highest BCUT2D eigenvalue weighted by molar-refractivity contribution is 5.80. The molecule has 4 atom stereocenters. The van der Waals surface area contributed by atoms with Crippen LogP contribution in [-0.2, 0) is 27.1 Å². The van der Waals surface area contributed by atoms with Gasteiger partial charge in [0.2, 0.25) is 0 Å². The normalized spacial score (nSPS) is 24.1. The number of amides is 1. The number of aliphatic carboxylic acids is 1. The van der Waals surface area contributed by atoms with Crippen LogP contribution in [0, 0.1) is 5.92 Å². The quantitative estimate of drug-likeness (QED) is 0.602. The molecule has 1 aromatic carbocycles. The second-order valence-corrected chi connectivity index (χ2v) is 11.2. The minimum Gasteiger partial charge on any atom is -0.480 e. The topological polar surface area (TPSA) is 101 Å². The Hall–Kier alpha value is -3.13. The molecule has 0 spiro atoms. The predicted octanol–water partition coefficient (Wildman–Crippen LogP) is 4.20. The van der Waals surface area contributed by atoms with E-state index in [9.17, 15) is 14.7 Å². The number of benzene rings is 1. The van der Waals surface area contributed by atoms with Crippen LogP contribution in [0.1, 0.15) is 51.2 Å². The monoisotopic (exact) mass is 493 g/mol. The van der Waals surface area contributed by atoms with Crippen LogP contribution in [0.2, 0.25) is 0 Å². The third kappa shape index (κ3) is 5.33. The maximum atomic E-state index is 12.4. The van der Waals surface area contributed by atoms with Crippen LogP contribution in [-0.4, -0.2) is 59.1 Å². The number of aromatic nitrogens is 1. The molecule has 8 heteroatoms. The molecule has 2 aliphatic heterocycles. The smallest absolute Gasteiger partial charge is 0.408 e. The van der Waals surface area contributed by atoms with Crippen LogP contribution in [0.3, 0.4) is 0 Å². The molecule has 2 N–H and O–H groups in total. The average Bonchev–Trinajstić information content (AvgIpc) is 3.39. The molecule has 1 unspecified atom stereocenters. The number of fused-ring (bicyclic) bond motifs is 3. The molecule has 192 valence electrons. The Bertz CT molecular complexity index is 1140. The van der Waals surface area contributed by atoms with Crippen LogP contribution in [0.25, 0.3) is 11.1 Å². The zero-order chi connectivity index (χ0) is 25.4. The number of rotatable bonds is 5. The summed E-state index contributed by atoms with van der Waals surface area (Å²) in [5, 5.41) is 12.5. The van der Waals surface area contributed by atoms with Gasteiger partial charge < -0.3 is 24.8 Å². The lowest BCUT2D eigenvalue weighted by molar-refractivity contribution is -0.141. The van der Waals surface area contributed by atoms with Crippen molar-refractivity contribution < 1.29 is 24.2 Å². The predicted molar refractivity (Wildman–Crippen MR) is 136 cm³/mol. The second kappa shape index (κ2) is 9.73. The highest BCUT2D eigenvalue weighted by atomic mass is 16.6. The maximum absolute atomic E-state index is 12.4. The molecular weight excluding hydrogens is 458 g/mol. The number of alkyl carbamates (subject to hydrolysis) is 1. The largest absolute Gasteiger partial charge is 0.480 e. The molecule has 8 nitrogen and oxygen atoms in total. The van der Waals surface area contributed by atoms with Gasteiger partial charge in [-0.05, 0) is 93.2 Å². The van der Waals surface area contributed by atoms with E-state index < -0.39 is 23.7 Å². The van der Waals surface area contributed by atoms with Gasteiger partial charge in [-0.1, -0.05) is 18.2 Å². The number of carbonyl (C=O) groups excluding carboxylic acids is 1. The van der Waals surface area contributed by atoms with Gasteiger partial charge in [-0.3, -0.25) is 0 Å². The minimum atomic E-state index is -1.03. The van der Waals surface area contributed by atoms with Gasteiger partial charge in [0.25, 0.3) is 0 Å². The molecule has 5 rings (SSSR count). The number of ether oxygens (including phenoxy) is 2. The summed E-state index contributed by atoms with van der Waals surface area (Å²) in [4.78, 5) is 31.5. The second-order valence-electron chi connectivity index (χ2n) is 11.2. The van der Waals surface area contributed by atoms with Gasteiger partial charge in [0.1, 0.15) is 17.5 Å². The van der Waals surface area contributed by atoms with Crippen molar-refractivity contribution >= 4 is 17.9 Å². The summed E-state index contributed by atoms with van der Waals surface area (Å²) in [6, 6.07) is 10.0. The molecule has 3 aliphatic rings. The van der Waals surface area contributed by atoms with Gasteiger partial charge in [0.05, 0.1) is 18.8 Å². The number of carboxylic acid groups (broad SMARTS) is 1. The number of hydrogen-bond acceptors (Lipinski definition) is 6. The lowest BCUT2D eigenvalue weighted by Gasteiger charge is -2.28. The summed E-state index contributed by atoms with van der Waals surface area (Å²) in [6.45, 7) is 6.93. The third-order valence-electron chi connectivity index (χ3n) is 7.39. The first-order valence-corrected chi connectivity index (χ1v) is 12.8. The van der Waals surface area contributed by atoms with E-state index in [2.05, 4.69) is 39.5 Å². The zero-order valence-corrected chi connectivity index (χ0v) is 21.2. The van der Waals surface area contributed by atoms with Gasteiger partial charge in [0.15, 0.2) is 0 Å². The highest BCUT2D eigenvalue weighted by Gasteiger charge is 2.39. The minimum absolute atomic E-state index is 0.223. The summed E-state index contributed by atoms with van der Waals surface area (Å²) in [6.07, 6.45) is 5.60. The number of hydrogen-bond donors (Lipinski definition) is 2. The molecule has 2 aromatic rings. The molecule has 0 saturated carbocycles. The molecule has 2 bridgehead atoms. The Labute approximate surface area is 212 Å². The van der Waals surface area contributed by atoms with E-state index in [0.29, 0.717) is 18.6 Å². The molecule has 36 heavy (non-hydrogen) atoms. The lowest BCUT2D eigenvalue weighted by Crippen LogP contribution is -2.48. The van der Waals surface area contributed by atoms with Crippen molar-refractivity contribution in [2.75, 3.05) is 18.1 Å². The van der Waals surface area contributed by atoms with Gasteiger partial charge in [-0.2, -0.15) is 0 Å². The van der Waals surface area contributed by atoms with Crippen molar-refractivity contribution in [1.29, 1.82) is 0 Å². The number of nitrogens with one attached hydrogen (secondary N) is 1. The van der Waals surface area contributed by atoms with Crippen molar-refractivity contribution in [3.8, 4) is 11.1 Å². The van der Waals surface area contributed by atoms with Crippen molar-refractivity contribution in [2.45, 2.75) is 76.7 Å². The van der Waals surface area contributed by atoms with Gasteiger partial charge >= 0.3 is 12.1 Å². The fourth-order valence-electron chi connectivity index (χ4n) is 5.71. The van der Waals surface area contributed by atoms with E-state index in [4.69, 9.17) is 9.47 Å². The Morgan fingerprint density at radius 3 is 2.69 bits per heavy atom. The molecule has 2 saturated heterocycles. The summed E-state index contributed by atoms with van der Waals surface area (Å²) in [5.41, 5.74) is 3.87. The van der Waals surface area contributed by atoms with Crippen molar-refractivity contribution in [2.24, 2.45) is 5.92 Å². The summed E-state index contributed by atoms with van der Waals surface area (Å²) in [5.74, 6) is -0.281. The van der Waals surface area contributed by atoms with Gasteiger partial charge in [0, 0.05) is 12.7 Å². The highest BCUT2D eigenvalue weighted by Crippen LogP contribution is 2.35. The fourth-order valence-corrected chi connectivity index (χ4v) is 5.71. The molecular formula is C28H35N3O5. The summed E-state index contributed by atoms with van der Waals surface area (Å²) >= 11 is 0. The SMILES string of the molecule is CC(C)(C)OC(=O)N[C@H](C(=O)O)C1CCCc2ccc(-c3ccnc(N4C[C@H]5C[C@@H]4CO5)c3)cc2C1. The van der Waals surface area contributed by atoms with Crippen LogP contribution in [0.15, 0.2) is 36.5 Å². The van der Waals surface area contributed by atoms with E-state index in [1.54, 1.807) is 20.8 Å².